The number of anilines is 1. The Morgan fingerprint density at radius 3 is 2.49 bits per heavy atom. The maximum atomic E-state index is 12.6. The fourth-order valence-corrected chi connectivity index (χ4v) is 8.21. The minimum Gasteiger partial charge on any atom is -0.744 e. The molecular weight excluding hydrogens is 643 g/mol. The zero-order valence-corrected chi connectivity index (χ0v) is 24.3. The molecule has 0 saturated heterocycles. The van der Waals surface area contributed by atoms with Crippen LogP contribution in [0.2, 0.25) is 0 Å². The highest BCUT2D eigenvalue weighted by Gasteiger charge is 2.19. The van der Waals surface area contributed by atoms with E-state index in [0.29, 0.717) is 10.7 Å². The first-order valence-corrected chi connectivity index (χ1v) is 16.0. The number of hydrogen-bond acceptors (Lipinski definition) is 8. The van der Waals surface area contributed by atoms with Crippen LogP contribution < -0.4 is 31.3 Å². The fourth-order valence-electron chi connectivity index (χ4n) is 3.07. The summed E-state index contributed by atoms with van der Waals surface area (Å²) in [6.07, 6.45) is 0. The highest BCUT2D eigenvalue weighted by atomic mass is 127. The Morgan fingerprint density at radius 1 is 1.03 bits per heavy atom. The van der Waals surface area contributed by atoms with E-state index in [1.807, 2.05) is 43.3 Å². The molecule has 0 radical (unpaired) electrons. The Balaban J connectivity index is 0.000000245. The molecule has 0 aliphatic heterocycles. The number of aryl methyl sites for hydroxylation is 1. The lowest BCUT2D eigenvalue weighted by atomic mass is 10.2. The van der Waals surface area contributed by atoms with Crippen molar-refractivity contribution in [2.24, 2.45) is 0 Å². The van der Waals surface area contributed by atoms with Crippen molar-refractivity contribution >= 4 is 54.0 Å². The Bertz CT molecular complexity index is 1620. The van der Waals surface area contributed by atoms with Crippen molar-refractivity contribution in [3.8, 4) is 5.75 Å². The molecule has 7 nitrogen and oxygen atoms in total. The molecule has 0 unspecified atom stereocenters. The van der Waals surface area contributed by atoms with Gasteiger partial charge in [-0.05, 0) is 60.8 Å². The summed E-state index contributed by atoms with van der Waals surface area (Å²) in [6, 6.07) is 23.6. The average molecular weight is 665 g/mol. The van der Waals surface area contributed by atoms with E-state index >= 15 is 0 Å². The lowest BCUT2D eigenvalue weighted by molar-refractivity contribution is -0.591. The highest BCUT2D eigenvalue weighted by molar-refractivity contribution is 7.85. The predicted molar refractivity (Wildman–Crippen MR) is 141 cm³/mol. The summed E-state index contributed by atoms with van der Waals surface area (Å²) in [6.45, 7) is 1.82. The standard InChI is InChI=1S/C19H13IN2O2S2.C7H8O3S/c1-24-14-7-8-15-16(11-14)26-19(21-15)22-18(23)12-4-2-5-13(10-12)20-17-6-3-9-25-17;1-6-2-4-7(5-3-6)11(8,9)10/h2-11H,1H3;2-5H,1H3,(H,8,9,10). The van der Waals surface area contributed by atoms with Crippen molar-refractivity contribution in [3.05, 3.63) is 102 Å². The quantitative estimate of drug-likeness (QED) is 0.221. The summed E-state index contributed by atoms with van der Waals surface area (Å²) in [5, 5.41) is 5.60. The summed E-state index contributed by atoms with van der Waals surface area (Å²) < 4.78 is 40.0. The first-order chi connectivity index (χ1) is 17.7. The number of benzene rings is 3. The SMILES string of the molecule is COc1ccc2nc(NC(=O)c3cccc([I+]c4cccs4)c3)sc2c1.Cc1ccc(S(=O)(=O)[O-])cc1. The Morgan fingerprint density at radius 2 is 1.81 bits per heavy atom. The van der Waals surface area contributed by atoms with Gasteiger partial charge >= 0.3 is 21.2 Å². The molecule has 5 rings (SSSR count). The van der Waals surface area contributed by atoms with Gasteiger partial charge in [-0.3, -0.25) is 10.1 Å². The third kappa shape index (κ3) is 7.58. The summed E-state index contributed by atoms with van der Waals surface area (Å²) in [4.78, 5) is 16.9. The number of methoxy groups -OCH3 is 1. The average Bonchev–Trinajstić information content (AvgIpc) is 3.53. The Labute approximate surface area is 233 Å². The van der Waals surface area contributed by atoms with Crippen molar-refractivity contribution < 1.29 is 43.7 Å². The number of carbonyl (C=O) groups is 1. The first-order valence-electron chi connectivity index (χ1n) is 10.8. The van der Waals surface area contributed by atoms with Crippen LogP contribution in [0.3, 0.4) is 0 Å². The van der Waals surface area contributed by atoms with Crippen LogP contribution in [0.1, 0.15) is 15.9 Å². The Hall–Kier alpha value is -2.84. The van der Waals surface area contributed by atoms with Crippen LogP contribution in [-0.4, -0.2) is 31.0 Å². The second-order valence-electron chi connectivity index (χ2n) is 7.60. The zero-order valence-electron chi connectivity index (χ0n) is 19.7. The second kappa shape index (κ2) is 12.1. The maximum absolute atomic E-state index is 12.6. The van der Waals surface area contributed by atoms with Crippen molar-refractivity contribution in [2.75, 3.05) is 12.4 Å². The number of nitrogens with one attached hydrogen (secondary N) is 1. The number of thiophene rings is 1. The third-order valence-corrected chi connectivity index (χ3v) is 10.8. The number of carbonyl (C=O) groups excluding carboxylic acids is 1. The topological polar surface area (TPSA) is 108 Å². The van der Waals surface area contributed by atoms with Gasteiger partial charge in [0.2, 0.25) is 2.88 Å². The van der Waals surface area contributed by atoms with Gasteiger partial charge in [0.15, 0.2) is 8.70 Å². The van der Waals surface area contributed by atoms with Gasteiger partial charge in [0.1, 0.15) is 15.9 Å². The van der Waals surface area contributed by atoms with E-state index in [1.54, 1.807) is 30.6 Å². The van der Waals surface area contributed by atoms with Crippen molar-refractivity contribution in [2.45, 2.75) is 11.8 Å². The van der Waals surface area contributed by atoms with Crippen LogP contribution in [-0.2, 0) is 10.1 Å². The largest absolute Gasteiger partial charge is 0.744 e. The number of aromatic nitrogens is 1. The van der Waals surface area contributed by atoms with Crippen LogP contribution in [0.25, 0.3) is 10.2 Å². The van der Waals surface area contributed by atoms with Gasteiger partial charge in [-0.1, -0.05) is 46.4 Å². The van der Waals surface area contributed by atoms with Gasteiger partial charge in [-0.2, -0.15) is 0 Å². The van der Waals surface area contributed by atoms with E-state index in [9.17, 15) is 17.8 Å². The van der Waals surface area contributed by atoms with Crippen molar-refractivity contribution in [3.63, 3.8) is 0 Å². The lowest BCUT2D eigenvalue weighted by Gasteiger charge is -2.05. The van der Waals surface area contributed by atoms with Gasteiger partial charge in [0.25, 0.3) is 5.91 Å². The summed E-state index contributed by atoms with van der Waals surface area (Å²) in [5.41, 5.74) is 2.44. The third-order valence-electron chi connectivity index (χ3n) is 4.90. The molecule has 1 amide bonds. The minimum atomic E-state index is -4.27. The van der Waals surface area contributed by atoms with Crippen LogP contribution in [0.4, 0.5) is 5.13 Å². The molecule has 0 bridgehead atoms. The van der Waals surface area contributed by atoms with Gasteiger partial charge in [-0.25, -0.2) is 13.4 Å². The van der Waals surface area contributed by atoms with Crippen LogP contribution >= 0.6 is 22.7 Å². The van der Waals surface area contributed by atoms with E-state index in [1.165, 1.54) is 29.9 Å². The van der Waals surface area contributed by atoms with Crippen LogP contribution in [0, 0.1) is 13.4 Å². The van der Waals surface area contributed by atoms with Gasteiger partial charge in [0.05, 0.1) is 22.2 Å². The van der Waals surface area contributed by atoms with Gasteiger partial charge in [-0.15, -0.1) is 0 Å². The minimum absolute atomic E-state index is 0.131. The van der Waals surface area contributed by atoms with E-state index in [2.05, 4.69) is 33.9 Å². The smallest absolute Gasteiger partial charge is 0.369 e. The van der Waals surface area contributed by atoms with Crippen LogP contribution in [0.5, 0.6) is 5.75 Å². The molecule has 0 atom stereocenters. The molecule has 2 aromatic heterocycles. The number of fused-ring (bicyclic) bond motifs is 1. The monoisotopic (exact) mass is 664 g/mol. The van der Waals surface area contributed by atoms with Crippen LogP contribution in [0.15, 0.2) is 89.1 Å². The number of nitrogens with zero attached hydrogens (tertiary/aromatic N) is 1. The van der Waals surface area contributed by atoms with Crippen molar-refractivity contribution in [1.29, 1.82) is 0 Å². The van der Waals surface area contributed by atoms with Gasteiger partial charge < -0.3 is 9.29 Å². The summed E-state index contributed by atoms with van der Waals surface area (Å²) >= 11 is 2.97. The summed E-state index contributed by atoms with van der Waals surface area (Å²) in [5.74, 6) is 0.650. The summed E-state index contributed by atoms with van der Waals surface area (Å²) in [7, 11) is -2.63. The number of rotatable bonds is 6. The second-order valence-corrected chi connectivity index (χ2v) is 14.6. The molecule has 3 aromatic carbocycles. The Kier molecular flexibility index (Phi) is 8.92. The molecule has 11 heteroatoms. The lowest BCUT2D eigenvalue weighted by Crippen LogP contribution is -3.61. The molecule has 190 valence electrons. The van der Waals surface area contributed by atoms with E-state index < -0.39 is 10.1 Å². The van der Waals surface area contributed by atoms with Crippen molar-refractivity contribution in [1.82, 2.24) is 4.98 Å². The normalized spacial score (nSPS) is 11.0. The number of thiazole rings is 1. The number of ether oxygens (including phenoxy) is 1. The molecule has 1 N–H and O–H groups in total. The molecule has 0 aliphatic carbocycles. The van der Waals surface area contributed by atoms with Gasteiger partial charge in [0, 0.05) is 17.7 Å². The molecule has 2 heterocycles. The highest BCUT2D eigenvalue weighted by Crippen LogP contribution is 2.29. The fraction of sp³-hybridized carbons (Fsp3) is 0.0769. The molecule has 0 fully saturated rings. The maximum Gasteiger partial charge on any atom is 0.369 e. The molecule has 37 heavy (non-hydrogen) atoms. The molecular formula is C26H21IN2O5S3. The first kappa shape index (κ1) is 27.2. The number of amides is 1. The molecule has 5 aromatic rings. The molecule has 0 spiro atoms. The molecule has 0 saturated carbocycles. The molecule has 0 aliphatic rings. The van der Waals surface area contributed by atoms with E-state index in [-0.39, 0.29) is 32.0 Å². The number of halogens is 1. The number of hydrogen-bond donors (Lipinski definition) is 1. The zero-order chi connectivity index (χ0) is 26.4. The predicted octanol–water partition coefficient (Wildman–Crippen LogP) is 2.65. The van der Waals surface area contributed by atoms with E-state index in [0.717, 1.165) is 21.5 Å². The van der Waals surface area contributed by atoms with E-state index in [4.69, 9.17) is 4.74 Å².